The number of hydrogen-bond acceptors (Lipinski definition) is 8. The van der Waals surface area contributed by atoms with E-state index >= 15 is 0 Å². The Bertz CT molecular complexity index is 1330. The molecule has 2 aromatic rings. The van der Waals surface area contributed by atoms with E-state index in [9.17, 15) is 19.2 Å². The Morgan fingerprint density at radius 2 is 1.73 bits per heavy atom. The first-order valence-electron chi connectivity index (χ1n) is 14.4. The van der Waals surface area contributed by atoms with Crippen LogP contribution in [0.5, 0.6) is 0 Å². The zero-order chi connectivity index (χ0) is 32.9. The molecule has 1 heterocycles. The molecule has 0 saturated carbocycles. The van der Waals surface area contributed by atoms with E-state index in [0.29, 0.717) is 5.56 Å². The Morgan fingerprint density at radius 1 is 1.05 bits per heavy atom. The molecule has 3 amide bonds. The second kappa shape index (κ2) is 16.4. The van der Waals surface area contributed by atoms with Gasteiger partial charge in [-0.25, -0.2) is 14.6 Å². The van der Waals surface area contributed by atoms with Crippen LogP contribution in [0.15, 0.2) is 66.7 Å². The van der Waals surface area contributed by atoms with E-state index in [4.69, 9.17) is 14.2 Å². The predicted molar refractivity (Wildman–Crippen MR) is 167 cm³/mol. The number of imidazole rings is 1. The highest BCUT2D eigenvalue weighted by atomic mass is 16.6. The molecular weight excluding hydrogens is 566 g/mol. The molecule has 1 aromatic carbocycles. The number of amides is 3. The van der Waals surface area contributed by atoms with Gasteiger partial charge in [-0.1, -0.05) is 48.6 Å². The number of ether oxygens (including phenoxy) is 3. The monoisotopic (exact) mass is 611 g/mol. The van der Waals surface area contributed by atoms with E-state index in [-0.39, 0.29) is 25.6 Å². The molecule has 1 unspecified atom stereocenters. The van der Waals surface area contributed by atoms with E-state index < -0.39 is 47.1 Å². The minimum atomic E-state index is -1.43. The van der Waals surface area contributed by atoms with Crippen molar-refractivity contribution in [3.63, 3.8) is 0 Å². The van der Waals surface area contributed by atoms with Gasteiger partial charge in [-0.2, -0.15) is 0 Å². The van der Waals surface area contributed by atoms with Gasteiger partial charge in [0.05, 0.1) is 26.1 Å². The van der Waals surface area contributed by atoms with Crippen LogP contribution in [0.25, 0.3) is 0 Å². The summed E-state index contributed by atoms with van der Waals surface area (Å²) in [4.78, 5) is 56.2. The van der Waals surface area contributed by atoms with Crippen molar-refractivity contribution in [2.45, 2.75) is 78.6 Å². The largest absolute Gasteiger partial charge is 0.464 e. The molecule has 0 fully saturated rings. The van der Waals surface area contributed by atoms with Gasteiger partial charge in [-0.05, 0) is 66.5 Å². The van der Waals surface area contributed by atoms with Crippen molar-refractivity contribution in [3.05, 3.63) is 72.2 Å². The number of carbonyl (C=O) groups excluding carboxylic acids is 4. The summed E-state index contributed by atoms with van der Waals surface area (Å²) in [6, 6.07) is 7.06. The molecule has 2 atom stereocenters. The van der Waals surface area contributed by atoms with Crippen LogP contribution in [0.3, 0.4) is 0 Å². The average molecular weight is 612 g/mol. The fourth-order valence-electron chi connectivity index (χ4n) is 3.92. The quantitative estimate of drug-likeness (QED) is 0.211. The average Bonchev–Trinajstić information content (AvgIpc) is 3.38. The fourth-order valence-corrected chi connectivity index (χ4v) is 3.92. The lowest BCUT2D eigenvalue weighted by molar-refractivity contribution is -0.145. The van der Waals surface area contributed by atoms with Crippen LogP contribution in [0, 0.1) is 0 Å². The molecule has 12 nitrogen and oxygen atoms in total. The molecule has 0 spiro atoms. The topological polar surface area (TPSA) is 150 Å². The molecule has 0 radical (unpaired) electrons. The second-order valence-corrected chi connectivity index (χ2v) is 11.4. The van der Waals surface area contributed by atoms with Crippen molar-refractivity contribution in [2.75, 3.05) is 25.1 Å². The molecule has 0 aliphatic heterocycles. The van der Waals surface area contributed by atoms with Crippen LogP contribution in [-0.4, -0.2) is 70.4 Å². The predicted octanol–water partition coefficient (Wildman–Crippen LogP) is 4.30. The first kappa shape index (κ1) is 35.7. The first-order valence-corrected chi connectivity index (χ1v) is 14.4. The summed E-state index contributed by atoms with van der Waals surface area (Å²) in [6.45, 7) is 13.8. The van der Waals surface area contributed by atoms with Gasteiger partial charge in [-0.15, -0.1) is 0 Å². The van der Waals surface area contributed by atoms with Gasteiger partial charge >= 0.3 is 12.1 Å². The third kappa shape index (κ3) is 11.3. The minimum Gasteiger partial charge on any atom is -0.464 e. The Balaban J connectivity index is 2.26. The van der Waals surface area contributed by atoms with Crippen LogP contribution in [0.2, 0.25) is 0 Å². The van der Waals surface area contributed by atoms with Gasteiger partial charge in [0, 0.05) is 6.20 Å². The summed E-state index contributed by atoms with van der Waals surface area (Å²) >= 11 is 0. The van der Waals surface area contributed by atoms with Crippen molar-refractivity contribution in [3.8, 4) is 0 Å². The maximum absolute atomic E-state index is 13.5. The van der Waals surface area contributed by atoms with Gasteiger partial charge in [-0.3, -0.25) is 9.59 Å². The molecule has 44 heavy (non-hydrogen) atoms. The van der Waals surface area contributed by atoms with Gasteiger partial charge < -0.3 is 34.7 Å². The van der Waals surface area contributed by atoms with E-state index in [1.807, 2.05) is 50.3 Å². The highest BCUT2D eigenvalue weighted by Crippen LogP contribution is 2.22. The van der Waals surface area contributed by atoms with Crippen LogP contribution in [-0.2, 0) is 28.6 Å². The molecule has 0 bridgehead atoms. The normalized spacial score (nSPS) is 13.6. The number of allylic oxidation sites excluding steroid dienone is 2. The Hall–Kier alpha value is -4.45. The summed E-state index contributed by atoms with van der Waals surface area (Å²) in [7, 11) is 0. The molecule has 1 aromatic heterocycles. The number of hydrogen-bond donors (Lipinski definition) is 3. The third-order valence-corrected chi connectivity index (χ3v) is 6.08. The standard InChI is InChI=1S/C32H45N5O7/c1-9-15-22(10-2)19-42-20-24(34-29(40)32(7,8)36-30(41)44-31(4,5)6)27(38)35-25-18-37(21-33-25)26(28(39)43-11-3)23-16-13-12-14-17-23/h9-10,12-18,21,24,26H,11,19-20H2,1-8H3,(H,34,40)(H,35,38)(H,36,41)/b15-9-,22-10+/t24-,26?/m1/s1. The highest BCUT2D eigenvalue weighted by Gasteiger charge is 2.35. The summed E-state index contributed by atoms with van der Waals surface area (Å²) in [5.74, 6) is -1.58. The summed E-state index contributed by atoms with van der Waals surface area (Å²) in [5, 5.41) is 7.89. The van der Waals surface area contributed by atoms with Gasteiger partial charge in [0.25, 0.3) is 5.91 Å². The van der Waals surface area contributed by atoms with Crippen LogP contribution < -0.4 is 16.0 Å². The smallest absolute Gasteiger partial charge is 0.408 e. The number of nitrogens with zero attached hydrogens (tertiary/aromatic N) is 2. The number of anilines is 1. The van der Waals surface area contributed by atoms with E-state index in [1.165, 1.54) is 30.9 Å². The van der Waals surface area contributed by atoms with Gasteiger partial charge in [0.15, 0.2) is 11.9 Å². The SMILES string of the molecule is C/C=C\C(=C/C)COC[C@@H](NC(=O)C(C)(C)NC(=O)OC(C)(C)C)C(=O)Nc1cn(C(C(=O)OCC)c2ccccc2)cn1. The number of alkyl carbamates (subject to hydrolysis) is 1. The molecule has 0 saturated heterocycles. The second-order valence-electron chi connectivity index (χ2n) is 11.4. The van der Waals surface area contributed by atoms with Crippen LogP contribution in [0.4, 0.5) is 10.6 Å². The van der Waals surface area contributed by atoms with E-state index in [0.717, 1.165) is 5.57 Å². The van der Waals surface area contributed by atoms with Gasteiger partial charge in [0.2, 0.25) is 5.91 Å². The summed E-state index contributed by atoms with van der Waals surface area (Å²) < 4.78 is 17.9. The Morgan fingerprint density at radius 3 is 2.32 bits per heavy atom. The molecule has 240 valence electrons. The molecule has 0 aliphatic rings. The molecular formula is C32H45N5O7. The lowest BCUT2D eigenvalue weighted by atomic mass is 10.0. The van der Waals surface area contributed by atoms with Crippen molar-refractivity contribution >= 4 is 29.7 Å². The maximum Gasteiger partial charge on any atom is 0.408 e. The van der Waals surface area contributed by atoms with E-state index in [2.05, 4.69) is 20.9 Å². The number of benzene rings is 1. The number of nitrogens with one attached hydrogen (secondary N) is 3. The summed E-state index contributed by atoms with van der Waals surface area (Å²) in [5.41, 5.74) is -0.625. The van der Waals surface area contributed by atoms with Crippen LogP contribution in [0.1, 0.15) is 67.0 Å². The molecule has 3 N–H and O–H groups in total. The zero-order valence-electron chi connectivity index (χ0n) is 26.8. The summed E-state index contributed by atoms with van der Waals surface area (Å²) in [6.07, 6.45) is 7.76. The minimum absolute atomic E-state index is 0.147. The first-order chi connectivity index (χ1) is 20.7. The third-order valence-electron chi connectivity index (χ3n) is 6.08. The maximum atomic E-state index is 13.5. The van der Waals surface area contributed by atoms with Crippen molar-refractivity contribution < 1.29 is 33.4 Å². The highest BCUT2D eigenvalue weighted by molar-refractivity contribution is 5.98. The molecule has 2 rings (SSSR count). The Kier molecular flexibility index (Phi) is 13.3. The number of rotatable bonds is 14. The zero-order valence-corrected chi connectivity index (χ0v) is 26.8. The fraction of sp³-hybridized carbons (Fsp3) is 0.469. The van der Waals surface area contributed by atoms with Crippen molar-refractivity contribution in [1.82, 2.24) is 20.2 Å². The lowest BCUT2D eigenvalue weighted by Gasteiger charge is -2.29. The van der Waals surface area contributed by atoms with Crippen molar-refractivity contribution in [1.29, 1.82) is 0 Å². The Labute approximate surface area is 259 Å². The van der Waals surface area contributed by atoms with Gasteiger partial charge in [0.1, 0.15) is 17.2 Å². The van der Waals surface area contributed by atoms with Crippen LogP contribution >= 0.6 is 0 Å². The van der Waals surface area contributed by atoms with E-state index in [1.54, 1.807) is 39.8 Å². The lowest BCUT2D eigenvalue weighted by Crippen LogP contribution is -2.59. The van der Waals surface area contributed by atoms with Crippen molar-refractivity contribution in [2.24, 2.45) is 0 Å². The number of carbonyl (C=O) groups is 4. The number of aromatic nitrogens is 2. The molecule has 0 aliphatic carbocycles. The molecule has 12 heteroatoms. The number of esters is 1.